The summed E-state index contributed by atoms with van der Waals surface area (Å²) in [5.41, 5.74) is 6.23. The van der Waals surface area contributed by atoms with Crippen LogP contribution < -0.4 is 11.1 Å². The molecule has 0 aromatic heterocycles. The molecule has 2 aliphatic rings. The summed E-state index contributed by atoms with van der Waals surface area (Å²) in [4.78, 5) is 0. The zero-order chi connectivity index (χ0) is 11.6. The average Bonchev–Trinajstić information content (AvgIpc) is 3.04. The van der Waals surface area contributed by atoms with E-state index in [-0.39, 0.29) is 5.54 Å². The molecule has 0 aliphatic heterocycles. The molecule has 1 unspecified atom stereocenters. The fourth-order valence-electron chi connectivity index (χ4n) is 2.95. The minimum absolute atomic E-state index is 0.00754. The van der Waals surface area contributed by atoms with Gasteiger partial charge in [0.25, 0.3) is 0 Å². The summed E-state index contributed by atoms with van der Waals surface area (Å²) < 4.78 is 0. The van der Waals surface area contributed by atoms with Crippen molar-refractivity contribution in [2.24, 2.45) is 23.5 Å². The zero-order valence-electron chi connectivity index (χ0n) is 11.0. The van der Waals surface area contributed by atoms with Gasteiger partial charge in [-0.25, -0.2) is 0 Å². The summed E-state index contributed by atoms with van der Waals surface area (Å²) in [7, 11) is 0. The molecule has 0 heterocycles. The largest absolute Gasteiger partial charge is 0.324 e. The highest BCUT2D eigenvalue weighted by Gasteiger charge is 2.40. The van der Waals surface area contributed by atoms with Crippen LogP contribution in [0.25, 0.3) is 0 Å². The van der Waals surface area contributed by atoms with E-state index in [4.69, 9.17) is 5.73 Å². The molecule has 2 heteroatoms. The van der Waals surface area contributed by atoms with E-state index >= 15 is 0 Å². The fraction of sp³-hybridized carbons (Fsp3) is 1.00. The second-order valence-electron chi connectivity index (χ2n) is 6.37. The molecule has 2 nitrogen and oxygen atoms in total. The molecule has 0 radical (unpaired) electrons. The van der Waals surface area contributed by atoms with Gasteiger partial charge in [0.15, 0.2) is 0 Å². The molecule has 0 bridgehead atoms. The lowest BCUT2D eigenvalue weighted by Crippen LogP contribution is -2.47. The van der Waals surface area contributed by atoms with Gasteiger partial charge in [-0.05, 0) is 63.3 Å². The second kappa shape index (κ2) is 5.05. The summed E-state index contributed by atoms with van der Waals surface area (Å²) >= 11 is 0. The second-order valence-corrected chi connectivity index (χ2v) is 6.37. The van der Waals surface area contributed by atoms with Crippen LogP contribution in [0.15, 0.2) is 0 Å². The molecule has 2 fully saturated rings. The third-order valence-corrected chi connectivity index (χ3v) is 4.19. The first-order chi connectivity index (χ1) is 7.62. The Balaban J connectivity index is 1.65. The summed E-state index contributed by atoms with van der Waals surface area (Å²) in [6.45, 7) is 6.58. The maximum Gasteiger partial charge on any atom is 0.0252 e. The van der Waals surface area contributed by atoms with Gasteiger partial charge in [-0.15, -0.1) is 0 Å². The summed E-state index contributed by atoms with van der Waals surface area (Å²) in [5.74, 6) is 3.07. The highest BCUT2D eigenvalue weighted by molar-refractivity contribution is 4.93. The van der Waals surface area contributed by atoms with E-state index in [0.717, 1.165) is 30.7 Å². The van der Waals surface area contributed by atoms with Crippen molar-refractivity contribution in [2.75, 3.05) is 13.1 Å². The minimum Gasteiger partial charge on any atom is -0.324 e. The van der Waals surface area contributed by atoms with Gasteiger partial charge >= 0.3 is 0 Å². The molecule has 16 heavy (non-hydrogen) atoms. The van der Waals surface area contributed by atoms with Crippen molar-refractivity contribution in [3.05, 3.63) is 0 Å². The molecule has 0 aromatic rings. The van der Waals surface area contributed by atoms with Gasteiger partial charge in [0.2, 0.25) is 0 Å². The summed E-state index contributed by atoms with van der Waals surface area (Å²) in [6, 6.07) is 0. The lowest BCUT2D eigenvalue weighted by atomic mass is 9.95. The van der Waals surface area contributed by atoms with E-state index in [1.807, 2.05) is 0 Å². The molecule has 2 aliphatic carbocycles. The molecule has 1 atom stereocenters. The van der Waals surface area contributed by atoms with Gasteiger partial charge in [0.05, 0.1) is 0 Å². The van der Waals surface area contributed by atoms with E-state index < -0.39 is 0 Å². The van der Waals surface area contributed by atoms with E-state index in [2.05, 4.69) is 19.2 Å². The van der Waals surface area contributed by atoms with Gasteiger partial charge in [-0.2, -0.15) is 0 Å². The standard InChI is InChI=1S/C14H28N2/c1-3-8-14(2,15)10-16-9-13(11-4-5-11)12-6-7-12/h11-13,16H,3-10,15H2,1-2H3. The minimum atomic E-state index is -0.00754. The molecule has 3 N–H and O–H groups in total. The predicted molar refractivity (Wildman–Crippen MR) is 69.3 cm³/mol. The number of nitrogens with two attached hydrogens (primary N) is 1. The third kappa shape index (κ3) is 3.74. The van der Waals surface area contributed by atoms with Gasteiger partial charge in [-0.1, -0.05) is 13.3 Å². The van der Waals surface area contributed by atoms with Crippen LogP contribution >= 0.6 is 0 Å². The molecule has 0 aromatic carbocycles. The molecule has 2 saturated carbocycles. The topological polar surface area (TPSA) is 38.0 Å². The van der Waals surface area contributed by atoms with Gasteiger partial charge < -0.3 is 11.1 Å². The lowest BCUT2D eigenvalue weighted by Gasteiger charge is -2.26. The Hall–Kier alpha value is -0.0800. The van der Waals surface area contributed by atoms with E-state index in [1.165, 1.54) is 38.6 Å². The highest BCUT2D eigenvalue weighted by Crippen LogP contribution is 2.48. The molecule has 0 spiro atoms. The first-order valence-electron chi connectivity index (χ1n) is 7.12. The Bertz CT molecular complexity index is 205. The average molecular weight is 224 g/mol. The first kappa shape index (κ1) is 12.4. The first-order valence-corrected chi connectivity index (χ1v) is 7.12. The smallest absolute Gasteiger partial charge is 0.0252 e. The van der Waals surface area contributed by atoms with Gasteiger partial charge in [0.1, 0.15) is 0 Å². The molecular formula is C14H28N2. The van der Waals surface area contributed by atoms with Crippen LogP contribution in [0.3, 0.4) is 0 Å². The van der Waals surface area contributed by atoms with Gasteiger partial charge in [-0.3, -0.25) is 0 Å². The van der Waals surface area contributed by atoms with Crippen molar-refractivity contribution in [1.82, 2.24) is 5.32 Å². The maximum absolute atomic E-state index is 6.23. The third-order valence-electron chi connectivity index (χ3n) is 4.19. The van der Waals surface area contributed by atoms with E-state index in [1.54, 1.807) is 0 Å². The van der Waals surface area contributed by atoms with Crippen molar-refractivity contribution in [2.45, 2.75) is 57.9 Å². The lowest BCUT2D eigenvalue weighted by molar-refractivity contribution is 0.338. The summed E-state index contributed by atoms with van der Waals surface area (Å²) in [5, 5.41) is 3.63. The number of nitrogens with one attached hydrogen (secondary N) is 1. The highest BCUT2D eigenvalue weighted by atomic mass is 14.9. The SMILES string of the molecule is CCCC(C)(N)CNCC(C1CC1)C1CC1. The van der Waals surface area contributed by atoms with Crippen LogP contribution in [0.2, 0.25) is 0 Å². The van der Waals surface area contributed by atoms with Crippen molar-refractivity contribution in [3.8, 4) is 0 Å². The Kier molecular flexibility index (Phi) is 3.91. The Morgan fingerprint density at radius 2 is 1.81 bits per heavy atom. The molecule has 94 valence electrons. The zero-order valence-corrected chi connectivity index (χ0v) is 11.0. The number of rotatable bonds is 8. The molecule has 2 rings (SSSR count). The van der Waals surface area contributed by atoms with Gasteiger partial charge in [0, 0.05) is 12.1 Å². The fourth-order valence-corrected chi connectivity index (χ4v) is 2.95. The molecular weight excluding hydrogens is 196 g/mol. The van der Waals surface area contributed by atoms with E-state index in [9.17, 15) is 0 Å². The Morgan fingerprint density at radius 3 is 2.25 bits per heavy atom. The molecule has 0 amide bonds. The van der Waals surface area contributed by atoms with Crippen molar-refractivity contribution >= 4 is 0 Å². The van der Waals surface area contributed by atoms with Crippen LogP contribution in [0, 0.1) is 17.8 Å². The quantitative estimate of drug-likeness (QED) is 0.665. The number of hydrogen-bond donors (Lipinski definition) is 2. The Morgan fingerprint density at radius 1 is 1.25 bits per heavy atom. The number of hydrogen-bond acceptors (Lipinski definition) is 2. The van der Waals surface area contributed by atoms with Crippen molar-refractivity contribution in [3.63, 3.8) is 0 Å². The Labute approximate surface area is 100 Å². The predicted octanol–water partition coefficient (Wildman–Crippen LogP) is 2.53. The van der Waals surface area contributed by atoms with Crippen LogP contribution in [0.5, 0.6) is 0 Å². The summed E-state index contributed by atoms with van der Waals surface area (Å²) in [6.07, 6.45) is 8.24. The van der Waals surface area contributed by atoms with E-state index in [0.29, 0.717) is 0 Å². The van der Waals surface area contributed by atoms with Crippen LogP contribution in [0.1, 0.15) is 52.4 Å². The van der Waals surface area contributed by atoms with Crippen LogP contribution in [-0.4, -0.2) is 18.6 Å². The van der Waals surface area contributed by atoms with Crippen LogP contribution in [0.4, 0.5) is 0 Å². The molecule has 0 saturated heterocycles. The maximum atomic E-state index is 6.23. The monoisotopic (exact) mass is 224 g/mol. The van der Waals surface area contributed by atoms with Crippen molar-refractivity contribution in [1.29, 1.82) is 0 Å². The van der Waals surface area contributed by atoms with Crippen LogP contribution in [-0.2, 0) is 0 Å². The normalized spacial score (nSPS) is 24.8. The van der Waals surface area contributed by atoms with Crippen molar-refractivity contribution < 1.29 is 0 Å².